The number of aromatic nitrogens is 1. The lowest BCUT2D eigenvalue weighted by Gasteiger charge is -2.21. The van der Waals surface area contributed by atoms with Gasteiger partial charge < -0.3 is 16.2 Å². The number of pyridine rings is 1. The van der Waals surface area contributed by atoms with E-state index >= 15 is 0 Å². The molecule has 1 aromatic heterocycles. The number of nitrogens with zero attached hydrogens (tertiary/aromatic N) is 1. The van der Waals surface area contributed by atoms with Crippen molar-refractivity contribution in [1.29, 1.82) is 0 Å². The van der Waals surface area contributed by atoms with Crippen LogP contribution in [0.1, 0.15) is 18.2 Å². The van der Waals surface area contributed by atoms with Crippen LogP contribution in [-0.4, -0.2) is 29.7 Å². The fourth-order valence-electron chi connectivity index (χ4n) is 1.40. The van der Waals surface area contributed by atoms with Crippen LogP contribution in [0, 0.1) is 0 Å². The van der Waals surface area contributed by atoms with Crippen molar-refractivity contribution < 1.29 is 5.11 Å². The second kappa shape index (κ2) is 5.70. The molecule has 14 heavy (non-hydrogen) atoms. The van der Waals surface area contributed by atoms with Crippen molar-refractivity contribution in [2.45, 2.75) is 18.6 Å². The highest BCUT2D eigenvalue weighted by molar-refractivity contribution is 5.08. The quantitative estimate of drug-likeness (QED) is 0.621. The molecule has 0 aliphatic carbocycles. The Bertz CT molecular complexity index is 253. The number of nitrogens with two attached hydrogens (primary N) is 1. The summed E-state index contributed by atoms with van der Waals surface area (Å²) in [5, 5.41) is 13.0. The minimum Gasteiger partial charge on any atom is -0.385 e. The van der Waals surface area contributed by atoms with Crippen LogP contribution >= 0.6 is 0 Å². The molecular weight excluding hydrogens is 178 g/mol. The molecule has 2 atom stereocenters. The van der Waals surface area contributed by atoms with E-state index in [1.54, 1.807) is 6.20 Å². The van der Waals surface area contributed by atoms with E-state index in [1.807, 2.05) is 25.2 Å². The monoisotopic (exact) mass is 195 g/mol. The van der Waals surface area contributed by atoms with E-state index in [2.05, 4.69) is 10.3 Å². The van der Waals surface area contributed by atoms with E-state index in [0.29, 0.717) is 12.2 Å². The van der Waals surface area contributed by atoms with Gasteiger partial charge in [-0.2, -0.15) is 0 Å². The van der Waals surface area contributed by atoms with E-state index in [-0.39, 0.29) is 6.04 Å². The highest BCUT2D eigenvalue weighted by Gasteiger charge is 2.18. The molecule has 78 valence electrons. The molecule has 0 radical (unpaired) electrons. The molecule has 0 bridgehead atoms. The first-order chi connectivity index (χ1) is 6.79. The summed E-state index contributed by atoms with van der Waals surface area (Å²) in [5.74, 6) is 0. The average molecular weight is 195 g/mol. The first-order valence-electron chi connectivity index (χ1n) is 4.76. The lowest BCUT2D eigenvalue weighted by Crippen LogP contribution is -2.34. The molecule has 0 saturated carbocycles. The molecule has 0 aliphatic heterocycles. The number of likely N-dealkylation sites (N-methyl/N-ethyl adjacent to an activating group) is 1. The van der Waals surface area contributed by atoms with Crippen LogP contribution in [0.25, 0.3) is 0 Å². The molecule has 0 aromatic carbocycles. The normalized spacial score (nSPS) is 15.1. The van der Waals surface area contributed by atoms with Crippen molar-refractivity contribution in [3.05, 3.63) is 30.1 Å². The summed E-state index contributed by atoms with van der Waals surface area (Å²) in [5.41, 5.74) is 6.13. The van der Waals surface area contributed by atoms with E-state index in [9.17, 15) is 5.11 Å². The molecule has 1 heterocycles. The van der Waals surface area contributed by atoms with Crippen LogP contribution in [0.5, 0.6) is 0 Å². The van der Waals surface area contributed by atoms with Crippen molar-refractivity contribution in [3.63, 3.8) is 0 Å². The molecule has 0 saturated heterocycles. The molecule has 0 amide bonds. The van der Waals surface area contributed by atoms with E-state index in [1.165, 1.54) is 0 Å². The van der Waals surface area contributed by atoms with Gasteiger partial charge in [-0.25, -0.2) is 0 Å². The summed E-state index contributed by atoms with van der Waals surface area (Å²) >= 11 is 0. The molecular formula is C10H17N3O. The van der Waals surface area contributed by atoms with E-state index in [4.69, 9.17) is 5.73 Å². The van der Waals surface area contributed by atoms with Crippen molar-refractivity contribution in [2.24, 2.45) is 5.73 Å². The fourth-order valence-corrected chi connectivity index (χ4v) is 1.40. The molecule has 4 nitrogen and oxygen atoms in total. The Morgan fingerprint density at radius 3 is 2.86 bits per heavy atom. The summed E-state index contributed by atoms with van der Waals surface area (Å²) in [6, 6.07) is 5.47. The van der Waals surface area contributed by atoms with Gasteiger partial charge in [0.05, 0.1) is 5.69 Å². The van der Waals surface area contributed by atoms with Gasteiger partial charge in [-0.05, 0) is 32.1 Å². The summed E-state index contributed by atoms with van der Waals surface area (Å²) in [6.45, 7) is 0.551. The molecule has 4 N–H and O–H groups in total. The van der Waals surface area contributed by atoms with Crippen LogP contribution in [0.15, 0.2) is 24.4 Å². The second-order valence-electron chi connectivity index (χ2n) is 3.17. The van der Waals surface area contributed by atoms with Gasteiger partial charge >= 0.3 is 0 Å². The van der Waals surface area contributed by atoms with Gasteiger partial charge in [0.2, 0.25) is 0 Å². The van der Waals surface area contributed by atoms with Crippen molar-refractivity contribution in [1.82, 2.24) is 10.3 Å². The van der Waals surface area contributed by atoms with Gasteiger partial charge in [-0.3, -0.25) is 4.98 Å². The number of hydrogen-bond donors (Lipinski definition) is 3. The Labute approximate surface area is 84.2 Å². The third kappa shape index (κ3) is 2.77. The summed E-state index contributed by atoms with van der Waals surface area (Å²) in [7, 11) is 1.81. The summed E-state index contributed by atoms with van der Waals surface area (Å²) in [4.78, 5) is 4.10. The van der Waals surface area contributed by atoms with Crippen LogP contribution in [-0.2, 0) is 0 Å². The van der Waals surface area contributed by atoms with Crippen LogP contribution in [0.2, 0.25) is 0 Å². The number of hydrogen-bond acceptors (Lipinski definition) is 4. The highest BCUT2D eigenvalue weighted by Crippen LogP contribution is 2.15. The van der Waals surface area contributed by atoms with Crippen LogP contribution < -0.4 is 11.1 Å². The molecule has 0 spiro atoms. The Hall–Kier alpha value is -0.970. The molecule has 0 fully saturated rings. The third-order valence-electron chi connectivity index (χ3n) is 2.22. The SMILES string of the molecule is CNC(CCN)C(O)c1ccccn1. The summed E-state index contributed by atoms with van der Waals surface area (Å²) in [6.07, 6.45) is 1.81. The third-order valence-corrected chi connectivity index (χ3v) is 2.22. The van der Waals surface area contributed by atoms with Crippen molar-refractivity contribution in [3.8, 4) is 0 Å². The highest BCUT2D eigenvalue weighted by atomic mass is 16.3. The fraction of sp³-hybridized carbons (Fsp3) is 0.500. The Morgan fingerprint density at radius 2 is 2.36 bits per heavy atom. The first-order valence-corrected chi connectivity index (χ1v) is 4.76. The Morgan fingerprint density at radius 1 is 1.57 bits per heavy atom. The molecule has 1 aromatic rings. The van der Waals surface area contributed by atoms with Gasteiger partial charge in [0.1, 0.15) is 6.10 Å². The first kappa shape index (κ1) is 11.1. The largest absolute Gasteiger partial charge is 0.385 e. The molecule has 4 heteroatoms. The van der Waals surface area contributed by atoms with Crippen LogP contribution in [0.3, 0.4) is 0 Å². The van der Waals surface area contributed by atoms with Crippen molar-refractivity contribution >= 4 is 0 Å². The number of nitrogens with one attached hydrogen (secondary N) is 1. The van der Waals surface area contributed by atoms with Gasteiger partial charge in [-0.1, -0.05) is 6.07 Å². The molecule has 1 rings (SSSR count). The number of aliphatic hydroxyl groups excluding tert-OH is 1. The number of rotatable bonds is 5. The summed E-state index contributed by atoms with van der Waals surface area (Å²) < 4.78 is 0. The van der Waals surface area contributed by atoms with Crippen LogP contribution in [0.4, 0.5) is 0 Å². The zero-order chi connectivity index (χ0) is 10.4. The Balaban J connectivity index is 2.67. The van der Waals surface area contributed by atoms with Crippen molar-refractivity contribution in [2.75, 3.05) is 13.6 Å². The maximum Gasteiger partial charge on any atom is 0.111 e. The average Bonchev–Trinajstić information content (AvgIpc) is 2.26. The maximum atomic E-state index is 9.93. The molecule has 2 unspecified atom stereocenters. The van der Waals surface area contributed by atoms with Gasteiger partial charge in [0.15, 0.2) is 0 Å². The predicted molar refractivity (Wildman–Crippen MR) is 55.7 cm³/mol. The predicted octanol–water partition coefficient (Wildman–Crippen LogP) is 0.0518. The zero-order valence-corrected chi connectivity index (χ0v) is 8.35. The lowest BCUT2D eigenvalue weighted by atomic mass is 10.0. The second-order valence-corrected chi connectivity index (χ2v) is 3.17. The van der Waals surface area contributed by atoms with Gasteiger partial charge in [0, 0.05) is 12.2 Å². The topological polar surface area (TPSA) is 71.2 Å². The smallest absolute Gasteiger partial charge is 0.111 e. The van der Waals surface area contributed by atoms with E-state index in [0.717, 1.165) is 6.42 Å². The Kier molecular flexibility index (Phi) is 4.52. The van der Waals surface area contributed by atoms with Gasteiger partial charge in [0.25, 0.3) is 0 Å². The molecule has 0 aliphatic rings. The maximum absolute atomic E-state index is 9.93. The number of aliphatic hydroxyl groups is 1. The standard InChI is InChI=1S/C10H17N3O/c1-12-8(5-6-11)10(14)9-4-2-3-7-13-9/h2-4,7-8,10,12,14H,5-6,11H2,1H3. The minimum absolute atomic E-state index is 0.0325. The van der Waals surface area contributed by atoms with Gasteiger partial charge in [-0.15, -0.1) is 0 Å². The lowest BCUT2D eigenvalue weighted by molar-refractivity contribution is 0.124. The minimum atomic E-state index is -0.593. The van der Waals surface area contributed by atoms with E-state index < -0.39 is 6.10 Å². The zero-order valence-electron chi connectivity index (χ0n) is 8.35.